The first-order valence-corrected chi connectivity index (χ1v) is 12.0. The second kappa shape index (κ2) is 15.4. The van der Waals surface area contributed by atoms with E-state index in [0.717, 1.165) is 0 Å². The van der Waals surface area contributed by atoms with Crippen LogP contribution in [-0.4, -0.2) is 16.5 Å². The molecule has 0 atom stereocenters. The Bertz CT molecular complexity index is 731. The summed E-state index contributed by atoms with van der Waals surface area (Å²) in [5, 5.41) is 2.69. The zero-order chi connectivity index (χ0) is 18.2. The Morgan fingerprint density at radius 3 is 1.89 bits per heavy atom. The van der Waals surface area contributed by atoms with Crippen LogP contribution in [-0.2, 0) is 17.0 Å². The number of hydrogen-bond acceptors (Lipinski definition) is 0. The van der Waals surface area contributed by atoms with Crippen molar-refractivity contribution in [1.29, 1.82) is 0 Å². The molecule has 27 heavy (non-hydrogen) atoms. The summed E-state index contributed by atoms with van der Waals surface area (Å²) in [5.41, 5.74) is 10.6. The van der Waals surface area contributed by atoms with E-state index >= 15 is 0 Å². The van der Waals surface area contributed by atoms with Crippen molar-refractivity contribution in [3.05, 3.63) is 86.8 Å². The molecule has 0 aliphatic heterocycles. The molecule has 5 heteroatoms. The average Bonchev–Trinajstić information content (AvgIpc) is 2.87. The second-order valence-corrected chi connectivity index (χ2v) is 9.11. The molecule has 3 aromatic carbocycles. The molecular weight excluding hydrogens is 425 g/mol. The molecule has 1 N–H and O–H groups in total. The zero-order valence-electron chi connectivity index (χ0n) is 17.0. The summed E-state index contributed by atoms with van der Waals surface area (Å²) in [7, 11) is 9.78. The smallest absolute Gasteiger partial charge is 0 e. The molecular formula is C22H29Cl2NSiTi. The molecule has 0 unspecified atom stereocenters. The van der Waals surface area contributed by atoms with Crippen molar-refractivity contribution < 1.29 is 17.0 Å². The molecule has 0 saturated carbocycles. The summed E-state index contributed by atoms with van der Waals surface area (Å²) in [6, 6.07) is 21.6. The summed E-state index contributed by atoms with van der Waals surface area (Å²) >= 11 is -0.556. The minimum Gasteiger partial charge on any atom is 0 e. The molecule has 0 aliphatic carbocycles. The molecule has 0 spiro atoms. The zero-order valence-corrected chi connectivity index (χ0v) is 21.1. The van der Waals surface area contributed by atoms with E-state index in [4.69, 9.17) is 24.3 Å². The van der Waals surface area contributed by atoms with Gasteiger partial charge in [-0.05, 0) is 5.56 Å². The molecule has 3 aromatic rings. The number of benzene rings is 2. The largest absolute Gasteiger partial charge is 0 e. The molecule has 4 radical (unpaired) electrons. The first-order chi connectivity index (χ1) is 11.3. The van der Waals surface area contributed by atoms with Crippen LogP contribution in [0.1, 0.15) is 26.3 Å². The van der Waals surface area contributed by atoms with Gasteiger partial charge >= 0.3 is 35.6 Å². The molecule has 0 amide bonds. The summed E-state index contributed by atoms with van der Waals surface area (Å²) in [6.45, 7) is 7.71. The fourth-order valence-corrected chi connectivity index (χ4v) is 2.25. The van der Waals surface area contributed by atoms with Gasteiger partial charge in [0.15, 0.2) is 0 Å². The third kappa shape index (κ3) is 12.6. The van der Waals surface area contributed by atoms with Crippen LogP contribution >= 0.6 is 18.6 Å². The van der Waals surface area contributed by atoms with Crippen LogP contribution in [0.3, 0.4) is 0 Å². The fourth-order valence-electron chi connectivity index (χ4n) is 2.25. The number of hydrogen-bond donors (Lipinski definition) is 0. The van der Waals surface area contributed by atoms with E-state index in [9.17, 15) is 0 Å². The molecule has 1 nitrogen and oxygen atoms in total. The molecule has 144 valence electrons. The number of fused-ring (bicyclic) bond motifs is 1. The van der Waals surface area contributed by atoms with E-state index in [1.807, 2.05) is 20.8 Å². The maximum absolute atomic E-state index is 6.94. The Kier molecular flexibility index (Phi) is 17.9. The van der Waals surface area contributed by atoms with Gasteiger partial charge in [0.25, 0.3) is 0 Å². The molecule has 0 aliphatic rings. The van der Waals surface area contributed by atoms with Gasteiger partial charge in [0.2, 0.25) is 0 Å². The first kappa shape index (κ1) is 31.2. The first-order valence-electron chi connectivity index (χ1n) is 7.69. The van der Waals surface area contributed by atoms with Crippen molar-refractivity contribution in [3.63, 3.8) is 0 Å². The number of nitrogens with one attached hydrogen (secondary N) is 1. The van der Waals surface area contributed by atoms with Crippen LogP contribution in [0, 0.1) is 21.8 Å². The predicted octanol–water partition coefficient (Wildman–Crippen LogP) is 8.27. The van der Waals surface area contributed by atoms with Gasteiger partial charge in [0.05, 0.1) is 0 Å². The Morgan fingerprint density at radius 2 is 1.41 bits per heavy atom. The van der Waals surface area contributed by atoms with Crippen LogP contribution in [0.2, 0.25) is 0 Å². The molecule has 0 fully saturated rings. The maximum atomic E-state index is 6.94. The molecule has 3 rings (SSSR count). The Balaban J connectivity index is -0.000000456. The van der Waals surface area contributed by atoms with Crippen molar-refractivity contribution in [2.75, 3.05) is 0 Å². The predicted molar refractivity (Wildman–Crippen MR) is 124 cm³/mol. The van der Waals surface area contributed by atoms with Gasteiger partial charge < -0.3 is 20.6 Å². The van der Waals surface area contributed by atoms with Gasteiger partial charge in [-0.25, -0.2) is 0 Å². The van der Waals surface area contributed by atoms with Crippen LogP contribution in [0.4, 0.5) is 0 Å². The maximum Gasteiger partial charge on any atom is 0 e. The Labute approximate surface area is 187 Å². The van der Waals surface area contributed by atoms with E-state index in [1.165, 1.54) is 27.5 Å². The molecule has 0 saturated heterocycles. The third-order valence-corrected chi connectivity index (χ3v) is 2.98. The quantitative estimate of drug-likeness (QED) is 0.261. The standard InChI is InChI=1S/C16H13.C4H10N.2CH3.2ClH.Si.Ti/c1-12-10-14-8-5-9-15(16(14)11-12)13-6-3-2-4-7-13;1-4(2,3)5;;;;;;/h2-11H,1H3;5H,1-3H3;2*1H3;2*1H;;/q4*-1;;;;+6/p-2. The van der Waals surface area contributed by atoms with Gasteiger partial charge in [0, 0.05) is 11.0 Å². The van der Waals surface area contributed by atoms with Crippen molar-refractivity contribution >= 4 is 40.3 Å². The fraction of sp³-hybridized carbons (Fsp3) is 0.227. The van der Waals surface area contributed by atoms with Crippen LogP contribution in [0.15, 0.2) is 60.7 Å². The average molecular weight is 454 g/mol. The van der Waals surface area contributed by atoms with E-state index < -0.39 is 17.0 Å². The molecule has 0 bridgehead atoms. The van der Waals surface area contributed by atoms with Gasteiger partial charge in [-0.1, -0.05) is 69.7 Å². The minimum atomic E-state index is -0.556. The third-order valence-electron chi connectivity index (χ3n) is 2.98. The van der Waals surface area contributed by atoms with Crippen molar-refractivity contribution in [2.24, 2.45) is 0 Å². The van der Waals surface area contributed by atoms with Crippen LogP contribution in [0.5, 0.6) is 0 Å². The van der Waals surface area contributed by atoms with Gasteiger partial charge in [-0.2, -0.15) is 6.07 Å². The minimum absolute atomic E-state index is 0. The summed E-state index contributed by atoms with van der Waals surface area (Å²) in [4.78, 5) is 0. The monoisotopic (exact) mass is 453 g/mol. The van der Waals surface area contributed by atoms with Crippen LogP contribution < -0.4 is 0 Å². The molecule has 0 aromatic heterocycles. The van der Waals surface area contributed by atoms with Crippen molar-refractivity contribution in [2.45, 2.75) is 33.2 Å². The van der Waals surface area contributed by atoms with Crippen LogP contribution in [0.25, 0.3) is 27.6 Å². The van der Waals surface area contributed by atoms with Crippen molar-refractivity contribution in [3.8, 4) is 11.1 Å². The van der Waals surface area contributed by atoms with Gasteiger partial charge in [-0.3, -0.25) is 0 Å². The summed E-state index contributed by atoms with van der Waals surface area (Å²) in [6.07, 6.45) is 0. The molecule has 0 heterocycles. The van der Waals surface area contributed by atoms with Gasteiger partial charge in [0.1, 0.15) is 0 Å². The second-order valence-electron chi connectivity index (χ2n) is 6.53. The number of aryl methyl sites for hydroxylation is 1. The number of halogens is 2. The normalized spacial score (nSPS) is 9.44. The Morgan fingerprint density at radius 1 is 0.926 bits per heavy atom. The summed E-state index contributed by atoms with van der Waals surface area (Å²) in [5.74, 6) is 0. The van der Waals surface area contributed by atoms with Crippen molar-refractivity contribution in [1.82, 2.24) is 0 Å². The number of rotatable bonds is 1. The van der Waals surface area contributed by atoms with E-state index in [0.29, 0.717) is 0 Å². The summed E-state index contributed by atoms with van der Waals surface area (Å²) < 4.78 is 0. The van der Waals surface area contributed by atoms with E-state index in [-0.39, 0.29) is 31.4 Å². The topological polar surface area (TPSA) is 23.8 Å². The van der Waals surface area contributed by atoms with E-state index in [2.05, 4.69) is 67.6 Å². The van der Waals surface area contributed by atoms with Gasteiger partial charge in [-0.15, -0.1) is 40.1 Å². The Hall–Kier alpha value is -0.479. The SMILES string of the molecule is CC(C)(C)[NH-].Cc1cc2c(-c3ccccc3)cccc2[cH-]1.[CH3-].[CH3-].[Cl][Ti+4][Cl].[Si]. The van der Waals surface area contributed by atoms with E-state index in [1.54, 1.807) is 0 Å².